The lowest BCUT2D eigenvalue weighted by Gasteiger charge is -2.14. The second-order valence-corrected chi connectivity index (χ2v) is 17.7. The number of hydrogen-bond donors (Lipinski definition) is 0. The molecule has 5 aromatic heterocycles. The zero-order chi connectivity index (χ0) is 44.3. The average molecular weight is 875 g/mol. The van der Waals surface area contributed by atoms with Gasteiger partial charge in [-0.15, -0.1) is 10.2 Å². The van der Waals surface area contributed by atoms with E-state index in [2.05, 4.69) is 228 Å². The minimum absolute atomic E-state index is 0.831. The monoisotopic (exact) mass is 874 g/mol. The Bertz CT molecular complexity index is 3850. The van der Waals surface area contributed by atoms with E-state index in [4.69, 9.17) is 20.2 Å². The number of hydrogen-bond acceptors (Lipinski definition) is 5. The molecule has 0 bridgehead atoms. The van der Waals surface area contributed by atoms with Gasteiger partial charge in [0.1, 0.15) is 21.7 Å². The lowest BCUT2D eigenvalue weighted by molar-refractivity contribution is 1.08. The fourth-order valence-electron chi connectivity index (χ4n) is 9.68. The maximum atomic E-state index is 5.42. The van der Waals surface area contributed by atoms with Gasteiger partial charge in [-0.05, 0) is 70.8 Å². The van der Waals surface area contributed by atoms with Crippen molar-refractivity contribution in [3.63, 3.8) is 0 Å². The standard InChI is InChI=1S/C60H38N6S/c1-5-19-39(20-6-1)43-35-50(41-23-9-3-10-24-41)61-55(37-43)65-53-33-16-14-28-47(53)57-48(30-18-34-54(57)65)59-63-64-60(67-59)49-31-17-29-46-45-27-13-15-32-52(45)66(58(46)49)56-38-44(40-21-7-2-8-22-40)36-51(62-56)42-25-11-4-12-26-42/h1-38H. The molecule has 6 nitrogen and oxygen atoms in total. The summed E-state index contributed by atoms with van der Waals surface area (Å²) >= 11 is 1.61. The fraction of sp³-hybridized carbons (Fsp3) is 0. The van der Waals surface area contributed by atoms with Crippen LogP contribution in [0, 0.1) is 0 Å². The van der Waals surface area contributed by atoms with Crippen LogP contribution in [0.5, 0.6) is 0 Å². The van der Waals surface area contributed by atoms with Crippen molar-refractivity contribution in [1.29, 1.82) is 0 Å². The van der Waals surface area contributed by atoms with E-state index in [1.807, 2.05) is 12.1 Å². The van der Waals surface area contributed by atoms with Gasteiger partial charge in [0.25, 0.3) is 0 Å². The van der Waals surface area contributed by atoms with Crippen molar-refractivity contribution < 1.29 is 0 Å². The van der Waals surface area contributed by atoms with Crippen molar-refractivity contribution in [2.45, 2.75) is 0 Å². The lowest BCUT2D eigenvalue weighted by Crippen LogP contribution is -2.01. The van der Waals surface area contributed by atoms with Crippen LogP contribution in [0.4, 0.5) is 0 Å². The van der Waals surface area contributed by atoms with Crippen LogP contribution in [-0.2, 0) is 0 Å². The highest BCUT2D eigenvalue weighted by Gasteiger charge is 2.23. The van der Waals surface area contributed by atoms with Crippen molar-refractivity contribution in [1.82, 2.24) is 29.3 Å². The first kappa shape index (κ1) is 38.7. The molecule has 8 aromatic carbocycles. The van der Waals surface area contributed by atoms with Gasteiger partial charge in [0, 0.05) is 43.8 Å². The topological polar surface area (TPSA) is 61.4 Å². The summed E-state index contributed by atoms with van der Waals surface area (Å²) in [6, 6.07) is 81.0. The number of rotatable bonds is 8. The molecular weight excluding hydrogens is 837 g/mol. The fourth-order valence-corrected chi connectivity index (χ4v) is 10.6. The van der Waals surface area contributed by atoms with Crippen LogP contribution >= 0.6 is 11.3 Å². The maximum Gasteiger partial charge on any atom is 0.150 e. The summed E-state index contributed by atoms with van der Waals surface area (Å²) in [4.78, 5) is 10.8. The highest BCUT2D eigenvalue weighted by molar-refractivity contribution is 7.18. The Labute approximate surface area is 390 Å². The van der Waals surface area contributed by atoms with Gasteiger partial charge in [0.15, 0.2) is 0 Å². The summed E-state index contributed by atoms with van der Waals surface area (Å²) in [6.07, 6.45) is 0. The molecule has 0 aliphatic carbocycles. The van der Waals surface area contributed by atoms with E-state index in [1.54, 1.807) is 11.3 Å². The quantitative estimate of drug-likeness (QED) is 0.153. The second-order valence-electron chi connectivity index (χ2n) is 16.7. The van der Waals surface area contributed by atoms with Gasteiger partial charge in [0.2, 0.25) is 0 Å². The van der Waals surface area contributed by atoms with Crippen LogP contribution in [0.25, 0.3) is 121 Å². The SMILES string of the molecule is c1ccc(-c2cc(-c3ccccc3)nc(-n3c4ccccc4c4c(-c5nnc(-c6cccc7c8ccccc8n(-c8cc(-c9ccccc9)cc(-c9ccccc9)n8)c67)s5)cccc43)c2)cc1. The summed E-state index contributed by atoms with van der Waals surface area (Å²) < 4.78 is 4.61. The average Bonchev–Trinajstić information content (AvgIpc) is 4.13. The summed E-state index contributed by atoms with van der Waals surface area (Å²) in [6.45, 7) is 0. The second kappa shape index (κ2) is 16.0. The molecule has 0 amide bonds. The van der Waals surface area contributed by atoms with Crippen LogP contribution in [0.15, 0.2) is 231 Å². The normalized spacial score (nSPS) is 11.6. The van der Waals surface area contributed by atoms with E-state index < -0.39 is 0 Å². The highest BCUT2D eigenvalue weighted by Crippen LogP contribution is 2.44. The largest absolute Gasteiger partial charge is 0.294 e. The van der Waals surface area contributed by atoms with Gasteiger partial charge in [-0.2, -0.15) is 0 Å². The first-order valence-corrected chi connectivity index (χ1v) is 23.2. The van der Waals surface area contributed by atoms with Crippen molar-refractivity contribution >= 4 is 54.9 Å². The molecule has 0 fully saturated rings. The van der Waals surface area contributed by atoms with E-state index in [0.29, 0.717) is 0 Å². The molecule has 5 heterocycles. The number of benzene rings is 8. The molecule has 0 aliphatic heterocycles. The van der Waals surface area contributed by atoms with Gasteiger partial charge in [-0.25, -0.2) is 9.97 Å². The highest BCUT2D eigenvalue weighted by atomic mass is 32.1. The van der Waals surface area contributed by atoms with Crippen LogP contribution in [0.3, 0.4) is 0 Å². The number of pyridine rings is 2. The number of nitrogens with zero attached hydrogens (tertiary/aromatic N) is 6. The zero-order valence-corrected chi connectivity index (χ0v) is 36.8. The van der Waals surface area contributed by atoms with Gasteiger partial charge in [-0.1, -0.05) is 193 Å². The summed E-state index contributed by atoms with van der Waals surface area (Å²) in [7, 11) is 0. The third-order valence-corrected chi connectivity index (χ3v) is 13.7. The summed E-state index contributed by atoms with van der Waals surface area (Å²) in [5, 5.41) is 16.2. The van der Waals surface area contributed by atoms with Crippen LogP contribution in [-0.4, -0.2) is 29.3 Å². The molecule has 0 atom stereocenters. The van der Waals surface area contributed by atoms with E-state index in [9.17, 15) is 0 Å². The Morgan fingerprint density at radius 2 is 0.746 bits per heavy atom. The Morgan fingerprint density at radius 1 is 0.313 bits per heavy atom. The molecule has 13 rings (SSSR count). The van der Waals surface area contributed by atoms with Gasteiger partial charge >= 0.3 is 0 Å². The van der Waals surface area contributed by atoms with E-state index in [0.717, 1.165) is 121 Å². The Kier molecular flexibility index (Phi) is 9.25. The van der Waals surface area contributed by atoms with Crippen molar-refractivity contribution in [2.75, 3.05) is 0 Å². The first-order chi connectivity index (χ1) is 33.2. The molecule has 0 saturated carbocycles. The molecule has 0 saturated heterocycles. The van der Waals surface area contributed by atoms with E-state index >= 15 is 0 Å². The third kappa shape index (κ3) is 6.63. The summed E-state index contributed by atoms with van der Waals surface area (Å²) in [5.74, 6) is 1.68. The van der Waals surface area contributed by atoms with Gasteiger partial charge in [-0.3, -0.25) is 9.13 Å². The van der Waals surface area contributed by atoms with E-state index in [1.165, 1.54) is 0 Å². The van der Waals surface area contributed by atoms with Crippen LogP contribution < -0.4 is 0 Å². The van der Waals surface area contributed by atoms with Crippen molar-refractivity contribution in [3.8, 4) is 77.5 Å². The molecule has 0 radical (unpaired) electrons. The number of para-hydroxylation sites is 3. The number of aromatic nitrogens is 6. The maximum absolute atomic E-state index is 5.42. The smallest absolute Gasteiger partial charge is 0.150 e. The van der Waals surface area contributed by atoms with Crippen molar-refractivity contribution in [2.24, 2.45) is 0 Å². The summed E-state index contributed by atoms with van der Waals surface area (Å²) in [5.41, 5.74) is 14.7. The lowest BCUT2D eigenvalue weighted by atomic mass is 10.0. The van der Waals surface area contributed by atoms with Gasteiger partial charge in [0.05, 0.1) is 33.5 Å². The predicted molar refractivity (Wildman–Crippen MR) is 277 cm³/mol. The molecule has 0 N–H and O–H groups in total. The van der Waals surface area contributed by atoms with Crippen LogP contribution in [0.2, 0.25) is 0 Å². The molecule has 7 heteroatoms. The first-order valence-electron chi connectivity index (χ1n) is 22.4. The molecule has 0 unspecified atom stereocenters. The molecular formula is C60H38N6S. The Balaban J connectivity index is 1.00. The van der Waals surface area contributed by atoms with Gasteiger partial charge < -0.3 is 0 Å². The molecule has 67 heavy (non-hydrogen) atoms. The molecule has 13 aromatic rings. The Hall–Kier alpha value is -8.78. The number of fused-ring (bicyclic) bond motifs is 6. The third-order valence-electron chi connectivity index (χ3n) is 12.7. The predicted octanol–water partition coefficient (Wildman–Crippen LogP) is 15.5. The minimum Gasteiger partial charge on any atom is -0.294 e. The molecule has 0 spiro atoms. The molecule has 314 valence electrons. The van der Waals surface area contributed by atoms with E-state index in [-0.39, 0.29) is 0 Å². The van der Waals surface area contributed by atoms with Crippen molar-refractivity contribution in [3.05, 3.63) is 231 Å². The molecule has 0 aliphatic rings. The Morgan fingerprint density at radius 3 is 1.34 bits per heavy atom. The zero-order valence-electron chi connectivity index (χ0n) is 36.0. The van der Waals surface area contributed by atoms with Crippen LogP contribution in [0.1, 0.15) is 0 Å². The minimum atomic E-state index is 0.831.